The Hall–Kier alpha value is -1.13. The topological polar surface area (TPSA) is 32.3 Å². The van der Waals surface area contributed by atoms with Gasteiger partial charge in [-0.05, 0) is 43.7 Å². The fourth-order valence-electron chi connectivity index (χ4n) is 3.61. The van der Waals surface area contributed by atoms with E-state index >= 15 is 0 Å². The van der Waals surface area contributed by atoms with E-state index in [1.807, 2.05) is 0 Å². The molecule has 0 aliphatic heterocycles. The molecule has 2 fully saturated rings. The molecule has 132 valence electrons. The van der Waals surface area contributed by atoms with Gasteiger partial charge in [0.1, 0.15) is 5.82 Å². The maximum Gasteiger partial charge on any atom is 0.234 e. The van der Waals surface area contributed by atoms with E-state index in [2.05, 4.69) is 17.1 Å². The summed E-state index contributed by atoms with van der Waals surface area (Å²) in [7, 11) is 0. The summed E-state index contributed by atoms with van der Waals surface area (Å²) in [5.74, 6) is 0.292. The molecule has 0 heterocycles. The molecule has 0 bridgehead atoms. The molecule has 2 aliphatic rings. The normalized spacial score (nSPS) is 24.2. The summed E-state index contributed by atoms with van der Waals surface area (Å²) in [6.45, 7) is 2.92. The summed E-state index contributed by atoms with van der Waals surface area (Å²) in [6, 6.07) is 5.39. The maximum atomic E-state index is 14.0. The average molecular weight is 353 g/mol. The predicted molar refractivity (Wildman–Crippen MR) is 94.4 cm³/mol. The molecule has 3 nitrogen and oxygen atoms in total. The van der Waals surface area contributed by atoms with Crippen molar-refractivity contribution in [2.45, 2.75) is 64.1 Å². The van der Waals surface area contributed by atoms with Crippen molar-refractivity contribution in [3.63, 3.8) is 0 Å². The quantitative estimate of drug-likeness (QED) is 0.834. The van der Waals surface area contributed by atoms with Crippen molar-refractivity contribution in [3.05, 3.63) is 34.6 Å². The number of carbonyl (C=O) groups is 1. The molecule has 1 aromatic carbocycles. The molecule has 24 heavy (non-hydrogen) atoms. The van der Waals surface area contributed by atoms with Crippen molar-refractivity contribution < 1.29 is 9.18 Å². The zero-order chi connectivity index (χ0) is 17.1. The molecule has 1 aromatic rings. The Morgan fingerprint density at radius 3 is 2.71 bits per heavy atom. The van der Waals surface area contributed by atoms with Gasteiger partial charge in [0.2, 0.25) is 5.91 Å². The molecule has 2 unspecified atom stereocenters. The van der Waals surface area contributed by atoms with E-state index in [9.17, 15) is 9.18 Å². The molecular weight excluding hydrogens is 327 g/mol. The van der Waals surface area contributed by atoms with Crippen molar-refractivity contribution in [2.75, 3.05) is 6.54 Å². The summed E-state index contributed by atoms with van der Waals surface area (Å²) in [5, 5.41) is 3.62. The lowest BCUT2D eigenvalue weighted by Gasteiger charge is -2.30. The molecule has 0 aromatic heterocycles. The van der Waals surface area contributed by atoms with Crippen LogP contribution in [-0.2, 0) is 11.3 Å². The Balaban J connectivity index is 1.61. The number of hydrogen-bond acceptors (Lipinski definition) is 2. The third-order valence-electron chi connectivity index (χ3n) is 5.29. The van der Waals surface area contributed by atoms with Crippen LogP contribution in [0, 0.1) is 11.7 Å². The molecular formula is C19H26ClFN2O. The lowest BCUT2D eigenvalue weighted by atomic mass is 9.86. The molecule has 0 saturated heterocycles. The van der Waals surface area contributed by atoms with Crippen LogP contribution in [0.2, 0.25) is 5.02 Å². The van der Waals surface area contributed by atoms with E-state index in [4.69, 9.17) is 11.6 Å². The summed E-state index contributed by atoms with van der Waals surface area (Å²) < 4.78 is 14.0. The minimum absolute atomic E-state index is 0.0492. The highest BCUT2D eigenvalue weighted by Crippen LogP contribution is 2.30. The third kappa shape index (κ3) is 4.48. The zero-order valence-corrected chi connectivity index (χ0v) is 15.0. The molecule has 1 amide bonds. The number of rotatable bonds is 6. The van der Waals surface area contributed by atoms with Crippen molar-refractivity contribution >= 4 is 17.5 Å². The largest absolute Gasteiger partial charge is 0.352 e. The lowest BCUT2D eigenvalue weighted by molar-refractivity contribution is -0.123. The molecule has 2 saturated carbocycles. The van der Waals surface area contributed by atoms with Gasteiger partial charge in [-0.2, -0.15) is 0 Å². The van der Waals surface area contributed by atoms with Crippen molar-refractivity contribution in [1.82, 2.24) is 10.2 Å². The second kappa shape index (κ2) is 7.83. The number of hydrogen-bond donors (Lipinski definition) is 1. The van der Waals surface area contributed by atoms with Gasteiger partial charge < -0.3 is 5.32 Å². The Morgan fingerprint density at radius 2 is 2.04 bits per heavy atom. The monoisotopic (exact) mass is 352 g/mol. The van der Waals surface area contributed by atoms with Crippen LogP contribution in [0.4, 0.5) is 4.39 Å². The maximum absolute atomic E-state index is 14.0. The van der Waals surface area contributed by atoms with Crippen molar-refractivity contribution in [3.8, 4) is 0 Å². The van der Waals surface area contributed by atoms with E-state index in [-0.39, 0.29) is 17.8 Å². The number of nitrogens with one attached hydrogen (secondary N) is 1. The van der Waals surface area contributed by atoms with Crippen molar-refractivity contribution in [2.24, 2.45) is 5.92 Å². The van der Waals surface area contributed by atoms with Gasteiger partial charge in [-0.15, -0.1) is 0 Å². The van der Waals surface area contributed by atoms with Crippen LogP contribution >= 0.6 is 11.6 Å². The summed E-state index contributed by atoms with van der Waals surface area (Å²) in [5.41, 5.74) is 0.491. The third-order valence-corrected chi connectivity index (χ3v) is 5.64. The first-order chi connectivity index (χ1) is 11.5. The fourth-order valence-corrected chi connectivity index (χ4v) is 3.83. The number of amides is 1. The average Bonchev–Trinajstić information content (AvgIpc) is 3.37. The van der Waals surface area contributed by atoms with Crippen molar-refractivity contribution in [1.29, 1.82) is 0 Å². The molecule has 0 spiro atoms. The van der Waals surface area contributed by atoms with Gasteiger partial charge >= 0.3 is 0 Å². The molecule has 2 atom stereocenters. The van der Waals surface area contributed by atoms with Gasteiger partial charge in [-0.1, -0.05) is 37.4 Å². The van der Waals surface area contributed by atoms with Crippen LogP contribution in [0.25, 0.3) is 0 Å². The van der Waals surface area contributed by atoms with Crippen LogP contribution in [0.15, 0.2) is 18.2 Å². The van der Waals surface area contributed by atoms with Crippen LogP contribution < -0.4 is 5.32 Å². The Kier molecular flexibility index (Phi) is 5.77. The van der Waals surface area contributed by atoms with Gasteiger partial charge in [0.15, 0.2) is 0 Å². The summed E-state index contributed by atoms with van der Waals surface area (Å²) in [6.07, 6.45) is 6.83. The Morgan fingerprint density at radius 1 is 1.29 bits per heavy atom. The van der Waals surface area contributed by atoms with Gasteiger partial charge in [0.05, 0.1) is 6.54 Å². The second-order valence-corrected chi connectivity index (χ2v) is 7.68. The SMILES string of the molecule is CC1CCCCC1NC(=O)CN(Cc1c(F)cccc1Cl)C1CC1. The minimum atomic E-state index is -0.297. The lowest BCUT2D eigenvalue weighted by Crippen LogP contribution is -2.46. The Bertz CT molecular complexity index is 570. The highest BCUT2D eigenvalue weighted by molar-refractivity contribution is 6.31. The highest BCUT2D eigenvalue weighted by atomic mass is 35.5. The van der Waals surface area contributed by atoms with Gasteiger partial charge in [0, 0.05) is 29.2 Å². The number of halogens is 2. The van der Waals surface area contributed by atoms with Gasteiger partial charge in [-0.3, -0.25) is 9.69 Å². The van der Waals surface area contributed by atoms with E-state index in [1.54, 1.807) is 12.1 Å². The number of nitrogens with zero attached hydrogens (tertiary/aromatic N) is 1. The van der Waals surface area contributed by atoms with Crippen LogP contribution in [-0.4, -0.2) is 29.4 Å². The predicted octanol–water partition coefficient (Wildman–Crippen LogP) is 4.14. The van der Waals surface area contributed by atoms with Gasteiger partial charge in [-0.25, -0.2) is 4.39 Å². The zero-order valence-electron chi connectivity index (χ0n) is 14.2. The number of benzene rings is 1. The summed E-state index contributed by atoms with van der Waals surface area (Å²) >= 11 is 6.14. The molecule has 0 radical (unpaired) electrons. The molecule has 3 rings (SSSR count). The molecule has 5 heteroatoms. The number of carbonyl (C=O) groups excluding carboxylic acids is 1. The first-order valence-electron chi connectivity index (χ1n) is 9.01. The standard InChI is InChI=1S/C19H26ClFN2O/c1-13-5-2-3-8-18(13)22-19(24)12-23(14-9-10-14)11-15-16(20)6-4-7-17(15)21/h4,6-7,13-14,18H,2-3,5,8-12H2,1H3,(H,22,24). The van der Waals surface area contributed by atoms with Crippen LogP contribution in [0.3, 0.4) is 0 Å². The van der Waals surface area contributed by atoms with E-state index < -0.39 is 0 Å². The highest BCUT2D eigenvalue weighted by Gasteiger charge is 2.32. The van der Waals surface area contributed by atoms with E-state index in [0.717, 1.165) is 19.3 Å². The first-order valence-corrected chi connectivity index (χ1v) is 9.38. The fraction of sp³-hybridized carbons (Fsp3) is 0.632. The first kappa shape index (κ1) is 17.7. The minimum Gasteiger partial charge on any atom is -0.352 e. The smallest absolute Gasteiger partial charge is 0.234 e. The van der Waals surface area contributed by atoms with Gasteiger partial charge in [0.25, 0.3) is 0 Å². The molecule has 1 N–H and O–H groups in total. The molecule has 2 aliphatic carbocycles. The van der Waals surface area contributed by atoms with E-state index in [1.165, 1.54) is 25.3 Å². The van der Waals surface area contributed by atoms with Crippen LogP contribution in [0.5, 0.6) is 0 Å². The van der Waals surface area contributed by atoms with E-state index in [0.29, 0.717) is 35.6 Å². The second-order valence-electron chi connectivity index (χ2n) is 7.27. The Labute approximate surface area is 148 Å². The van der Waals surface area contributed by atoms with Crippen LogP contribution in [0.1, 0.15) is 51.0 Å². The summed E-state index contributed by atoms with van der Waals surface area (Å²) in [4.78, 5) is 14.5.